The number of benzene rings is 1. The summed E-state index contributed by atoms with van der Waals surface area (Å²) in [6.07, 6.45) is 0. The lowest BCUT2D eigenvalue weighted by atomic mass is 10.2. The van der Waals surface area contributed by atoms with Crippen LogP contribution in [0.4, 0.5) is 5.69 Å². The number of carbonyl (C=O) groups is 2. The summed E-state index contributed by atoms with van der Waals surface area (Å²) >= 11 is 3.34. The molecule has 0 spiro atoms. The predicted molar refractivity (Wildman–Crippen MR) is 62.7 cm³/mol. The van der Waals surface area contributed by atoms with E-state index in [2.05, 4.69) is 26.1 Å². The molecule has 0 saturated heterocycles. The minimum atomic E-state index is -0.844. The van der Waals surface area contributed by atoms with Gasteiger partial charge in [-0.05, 0) is 30.7 Å². The second-order valence-corrected chi connectivity index (χ2v) is 3.91. The highest BCUT2D eigenvalue weighted by atomic mass is 79.9. The van der Waals surface area contributed by atoms with E-state index in [-0.39, 0.29) is 0 Å². The molecule has 16 heavy (non-hydrogen) atoms. The van der Waals surface area contributed by atoms with E-state index in [4.69, 9.17) is 0 Å². The molecule has 1 rings (SSSR count). The van der Waals surface area contributed by atoms with Gasteiger partial charge in [0, 0.05) is 10.2 Å². The SMILES string of the molecule is CONC(=O)C(=O)Nc1ccc(Br)c(C)c1. The van der Waals surface area contributed by atoms with Crippen LogP contribution in [0.5, 0.6) is 0 Å². The minimum absolute atomic E-state index is 0.553. The highest BCUT2D eigenvalue weighted by Crippen LogP contribution is 2.19. The molecule has 0 atom stereocenters. The monoisotopic (exact) mass is 286 g/mol. The Labute approximate surface area is 101 Å². The third-order valence-electron chi connectivity index (χ3n) is 1.82. The quantitative estimate of drug-likeness (QED) is 0.637. The van der Waals surface area contributed by atoms with Gasteiger partial charge in [-0.1, -0.05) is 15.9 Å². The Morgan fingerprint density at radius 3 is 2.56 bits per heavy atom. The fraction of sp³-hybridized carbons (Fsp3) is 0.200. The predicted octanol–water partition coefficient (Wildman–Crippen LogP) is 1.37. The molecule has 0 saturated carbocycles. The van der Waals surface area contributed by atoms with Crippen LogP contribution in [0.2, 0.25) is 0 Å². The molecule has 6 heteroatoms. The first-order chi connectivity index (χ1) is 7.54. The third kappa shape index (κ3) is 3.32. The highest BCUT2D eigenvalue weighted by molar-refractivity contribution is 9.10. The van der Waals surface area contributed by atoms with Crippen LogP contribution in [0.3, 0.4) is 0 Å². The number of rotatable bonds is 2. The number of carbonyl (C=O) groups excluding carboxylic acids is 2. The van der Waals surface area contributed by atoms with Crippen molar-refractivity contribution >= 4 is 33.4 Å². The van der Waals surface area contributed by atoms with E-state index in [1.165, 1.54) is 7.11 Å². The highest BCUT2D eigenvalue weighted by Gasteiger charge is 2.13. The van der Waals surface area contributed by atoms with E-state index in [1.54, 1.807) is 18.2 Å². The summed E-state index contributed by atoms with van der Waals surface area (Å²) in [5, 5.41) is 2.44. The topological polar surface area (TPSA) is 67.4 Å². The van der Waals surface area contributed by atoms with E-state index >= 15 is 0 Å². The Hall–Kier alpha value is -1.40. The summed E-state index contributed by atoms with van der Waals surface area (Å²) in [4.78, 5) is 26.7. The van der Waals surface area contributed by atoms with E-state index in [9.17, 15) is 9.59 Å². The molecule has 0 unspecified atom stereocenters. The Morgan fingerprint density at radius 1 is 1.31 bits per heavy atom. The van der Waals surface area contributed by atoms with Crippen molar-refractivity contribution in [2.75, 3.05) is 12.4 Å². The van der Waals surface area contributed by atoms with E-state index in [1.807, 2.05) is 12.4 Å². The maximum absolute atomic E-state index is 11.3. The minimum Gasteiger partial charge on any atom is -0.318 e. The first kappa shape index (κ1) is 12.7. The first-order valence-corrected chi connectivity index (χ1v) is 5.24. The lowest BCUT2D eigenvalue weighted by Gasteiger charge is -2.06. The molecule has 0 aliphatic rings. The molecular weight excluding hydrogens is 276 g/mol. The van der Waals surface area contributed by atoms with Crippen LogP contribution in [-0.2, 0) is 14.4 Å². The van der Waals surface area contributed by atoms with Crippen LogP contribution in [0, 0.1) is 6.92 Å². The summed E-state index contributed by atoms with van der Waals surface area (Å²) in [6.45, 7) is 1.88. The summed E-state index contributed by atoms with van der Waals surface area (Å²) in [7, 11) is 1.26. The van der Waals surface area contributed by atoms with Crippen molar-refractivity contribution in [3.8, 4) is 0 Å². The van der Waals surface area contributed by atoms with E-state index in [0.717, 1.165) is 10.0 Å². The summed E-state index contributed by atoms with van der Waals surface area (Å²) < 4.78 is 0.937. The van der Waals surface area contributed by atoms with E-state index in [0.29, 0.717) is 5.69 Å². The van der Waals surface area contributed by atoms with Gasteiger partial charge in [0.05, 0.1) is 7.11 Å². The molecule has 0 aromatic heterocycles. The molecule has 86 valence electrons. The number of aryl methyl sites for hydroxylation is 1. The molecule has 0 aliphatic heterocycles. The summed E-state index contributed by atoms with van der Waals surface area (Å²) in [5.41, 5.74) is 3.45. The molecule has 0 radical (unpaired) electrons. The number of halogens is 1. The average Bonchev–Trinajstić information content (AvgIpc) is 2.24. The van der Waals surface area contributed by atoms with Crippen LogP contribution in [0.25, 0.3) is 0 Å². The van der Waals surface area contributed by atoms with Gasteiger partial charge >= 0.3 is 11.8 Å². The molecule has 0 bridgehead atoms. The molecule has 1 aromatic rings. The zero-order valence-electron chi connectivity index (χ0n) is 8.83. The molecule has 0 aliphatic carbocycles. The Bertz CT molecular complexity index is 421. The molecule has 0 fully saturated rings. The second-order valence-electron chi connectivity index (χ2n) is 3.05. The second kappa shape index (κ2) is 5.62. The number of hydrogen-bond acceptors (Lipinski definition) is 3. The summed E-state index contributed by atoms with van der Waals surface area (Å²) in [5.74, 6) is -1.62. The van der Waals surface area contributed by atoms with Gasteiger partial charge in [-0.3, -0.25) is 14.4 Å². The molecule has 5 nitrogen and oxygen atoms in total. The van der Waals surface area contributed by atoms with Crippen LogP contribution in [0.15, 0.2) is 22.7 Å². The maximum atomic E-state index is 11.3. The van der Waals surface area contributed by atoms with Gasteiger partial charge in [-0.15, -0.1) is 0 Å². The maximum Gasteiger partial charge on any atom is 0.333 e. The van der Waals surface area contributed by atoms with Crippen LogP contribution in [0.1, 0.15) is 5.56 Å². The Morgan fingerprint density at radius 2 is 2.00 bits per heavy atom. The van der Waals surface area contributed by atoms with E-state index < -0.39 is 11.8 Å². The number of amides is 2. The summed E-state index contributed by atoms with van der Waals surface area (Å²) in [6, 6.07) is 5.23. The molecular formula is C10H11BrN2O3. The lowest BCUT2D eigenvalue weighted by Crippen LogP contribution is -2.34. The van der Waals surface area contributed by atoms with Gasteiger partial charge in [0.25, 0.3) is 0 Å². The lowest BCUT2D eigenvalue weighted by molar-refractivity contribution is -0.142. The van der Waals surface area contributed by atoms with Crippen LogP contribution < -0.4 is 10.8 Å². The van der Waals surface area contributed by atoms with Gasteiger partial charge in [0.15, 0.2) is 0 Å². The zero-order valence-corrected chi connectivity index (χ0v) is 10.4. The van der Waals surface area contributed by atoms with Crippen molar-refractivity contribution in [2.45, 2.75) is 6.92 Å². The smallest absolute Gasteiger partial charge is 0.318 e. The fourth-order valence-corrected chi connectivity index (χ4v) is 1.30. The number of hydroxylamine groups is 1. The molecule has 1 aromatic carbocycles. The average molecular weight is 287 g/mol. The number of hydrogen-bond donors (Lipinski definition) is 2. The Balaban J connectivity index is 2.70. The number of nitrogens with one attached hydrogen (secondary N) is 2. The van der Waals surface area contributed by atoms with Gasteiger partial charge in [-0.25, -0.2) is 5.48 Å². The van der Waals surface area contributed by atoms with Gasteiger partial charge in [0.2, 0.25) is 0 Å². The normalized spacial score (nSPS) is 9.69. The zero-order chi connectivity index (χ0) is 12.1. The third-order valence-corrected chi connectivity index (χ3v) is 2.71. The van der Waals surface area contributed by atoms with Crippen molar-refractivity contribution in [1.29, 1.82) is 0 Å². The number of anilines is 1. The van der Waals surface area contributed by atoms with Gasteiger partial charge in [0.1, 0.15) is 0 Å². The molecule has 2 amide bonds. The standard InChI is InChI=1S/C10H11BrN2O3/c1-6-5-7(3-4-8(6)11)12-9(14)10(15)13-16-2/h3-5H,1-2H3,(H,12,14)(H,13,15). The van der Waals surface area contributed by atoms with Crippen LogP contribution in [-0.4, -0.2) is 18.9 Å². The molecule has 2 N–H and O–H groups in total. The van der Waals surface area contributed by atoms with Crippen molar-refractivity contribution in [3.63, 3.8) is 0 Å². The fourth-order valence-electron chi connectivity index (χ4n) is 1.05. The van der Waals surface area contributed by atoms with Crippen molar-refractivity contribution in [1.82, 2.24) is 5.48 Å². The first-order valence-electron chi connectivity index (χ1n) is 4.45. The van der Waals surface area contributed by atoms with Crippen molar-refractivity contribution < 1.29 is 14.4 Å². The van der Waals surface area contributed by atoms with Gasteiger partial charge in [-0.2, -0.15) is 0 Å². The van der Waals surface area contributed by atoms with Crippen molar-refractivity contribution in [2.24, 2.45) is 0 Å². The Kier molecular flexibility index (Phi) is 4.45. The van der Waals surface area contributed by atoms with Crippen LogP contribution >= 0.6 is 15.9 Å². The largest absolute Gasteiger partial charge is 0.333 e. The van der Waals surface area contributed by atoms with Gasteiger partial charge < -0.3 is 5.32 Å². The molecule has 0 heterocycles. The van der Waals surface area contributed by atoms with Crippen molar-refractivity contribution in [3.05, 3.63) is 28.2 Å².